The quantitative estimate of drug-likeness (QED) is 0.750. The van der Waals surface area contributed by atoms with Crippen molar-refractivity contribution in [2.75, 3.05) is 30.8 Å². The molecule has 1 saturated carbocycles. The Morgan fingerprint density at radius 1 is 1.15 bits per heavy atom. The lowest BCUT2D eigenvalue weighted by atomic mass is 9.78. The fourth-order valence-corrected chi connectivity index (χ4v) is 4.57. The molecule has 0 radical (unpaired) electrons. The van der Waals surface area contributed by atoms with Crippen molar-refractivity contribution in [3.8, 4) is 5.75 Å². The van der Waals surface area contributed by atoms with E-state index in [4.69, 9.17) is 4.74 Å². The normalized spacial score (nSPS) is 25.1. The topological polar surface area (TPSA) is 71.9 Å². The molecule has 2 aliphatic rings. The van der Waals surface area contributed by atoms with Crippen LogP contribution in [0, 0.1) is 5.92 Å². The Bertz CT molecular complexity index is 660. The lowest BCUT2D eigenvalue weighted by molar-refractivity contribution is -0.928. The number of nitrogens with one attached hydrogen (secondary N) is 3. The molecule has 1 unspecified atom stereocenters. The molecule has 26 heavy (non-hydrogen) atoms. The molecule has 1 aliphatic carbocycles. The molecule has 2 fully saturated rings. The van der Waals surface area contributed by atoms with Crippen LogP contribution in [0.3, 0.4) is 0 Å². The van der Waals surface area contributed by atoms with Gasteiger partial charge in [0.05, 0.1) is 25.4 Å². The van der Waals surface area contributed by atoms with Crippen LogP contribution in [0.2, 0.25) is 0 Å². The molecule has 6 nitrogen and oxygen atoms in total. The van der Waals surface area contributed by atoms with E-state index in [2.05, 4.69) is 10.6 Å². The number of fused-ring (bicyclic) bond motifs is 1. The largest absolute Gasteiger partial charge is 0.495 e. The molecular weight excluding hydrogens is 330 g/mol. The molecule has 142 valence electrons. The van der Waals surface area contributed by atoms with Crippen LogP contribution in [0.5, 0.6) is 5.75 Å². The molecule has 1 aromatic carbocycles. The van der Waals surface area contributed by atoms with Gasteiger partial charge in [-0.2, -0.15) is 0 Å². The van der Waals surface area contributed by atoms with Crippen LogP contribution in [0.1, 0.15) is 45.4 Å². The van der Waals surface area contributed by atoms with E-state index in [-0.39, 0.29) is 11.8 Å². The van der Waals surface area contributed by atoms with Gasteiger partial charge in [0, 0.05) is 18.5 Å². The summed E-state index contributed by atoms with van der Waals surface area (Å²) >= 11 is 0. The number of anilines is 2. The summed E-state index contributed by atoms with van der Waals surface area (Å²) in [6.45, 7) is 3.04. The predicted molar refractivity (Wildman–Crippen MR) is 102 cm³/mol. The van der Waals surface area contributed by atoms with Crippen LogP contribution in [0.4, 0.5) is 11.4 Å². The molecular formula is C20H30N3O3+. The van der Waals surface area contributed by atoms with E-state index in [0.717, 1.165) is 12.5 Å². The monoisotopic (exact) mass is 360 g/mol. The van der Waals surface area contributed by atoms with E-state index >= 15 is 0 Å². The van der Waals surface area contributed by atoms with Crippen molar-refractivity contribution in [2.45, 2.75) is 51.5 Å². The molecule has 2 amide bonds. The zero-order valence-corrected chi connectivity index (χ0v) is 15.8. The van der Waals surface area contributed by atoms with Crippen LogP contribution in [-0.4, -0.2) is 38.1 Å². The van der Waals surface area contributed by atoms with Crippen molar-refractivity contribution in [3.05, 3.63) is 18.2 Å². The minimum atomic E-state index is -0.145. The number of benzene rings is 1. The Hall–Kier alpha value is -2.08. The molecule has 0 bridgehead atoms. The highest BCUT2D eigenvalue weighted by Gasteiger charge is 2.37. The highest BCUT2D eigenvalue weighted by molar-refractivity contribution is 5.95. The third-order valence-electron chi connectivity index (χ3n) is 5.69. The van der Waals surface area contributed by atoms with Gasteiger partial charge in [-0.15, -0.1) is 0 Å². The second-order valence-electron chi connectivity index (χ2n) is 7.52. The summed E-state index contributed by atoms with van der Waals surface area (Å²) in [4.78, 5) is 25.4. The van der Waals surface area contributed by atoms with Gasteiger partial charge in [-0.3, -0.25) is 9.59 Å². The summed E-state index contributed by atoms with van der Waals surface area (Å²) < 4.78 is 5.35. The standard InChI is InChI=1S/C20H29N3O3/c1-14(24)21-16-9-10-19(26-2)17(12-16)22-20(25)13-23-11-5-7-15-6-3-4-8-18(15)23/h9-10,12,15,18H,3-8,11,13H2,1-2H3,(H,21,24)(H,22,25)/p+1/t15-,18-/m0/s1. The summed E-state index contributed by atoms with van der Waals surface area (Å²) in [5.74, 6) is 1.24. The SMILES string of the molecule is COc1ccc(NC(C)=O)cc1NC(=O)C[NH+]1CCC[C@@H]2CCCC[C@@H]21. The highest BCUT2D eigenvalue weighted by atomic mass is 16.5. The van der Waals surface area contributed by atoms with Gasteiger partial charge < -0.3 is 20.3 Å². The second-order valence-corrected chi connectivity index (χ2v) is 7.52. The zero-order chi connectivity index (χ0) is 18.5. The lowest BCUT2D eigenvalue weighted by Gasteiger charge is -2.40. The van der Waals surface area contributed by atoms with Crippen molar-refractivity contribution >= 4 is 23.2 Å². The summed E-state index contributed by atoms with van der Waals surface area (Å²) in [5.41, 5.74) is 1.24. The zero-order valence-electron chi connectivity index (χ0n) is 15.8. The number of carbonyl (C=O) groups excluding carboxylic acids is 2. The van der Waals surface area contributed by atoms with Gasteiger partial charge in [-0.05, 0) is 50.3 Å². The molecule has 1 aliphatic heterocycles. The van der Waals surface area contributed by atoms with Crippen LogP contribution in [-0.2, 0) is 9.59 Å². The van der Waals surface area contributed by atoms with E-state index in [1.807, 2.05) is 0 Å². The fraction of sp³-hybridized carbons (Fsp3) is 0.600. The highest BCUT2D eigenvalue weighted by Crippen LogP contribution is 2.29. The fourth-order valence-electron chi connectivity index (χ4n) is 4.57. The Kier molecular flexibility index (Phi) is 6.14. The lowest BCUT2D eigenvalue weighted by Crippen LogP contribution is -3.18. The third kappa shape index (κ3) is 4.55. The summed E-state index contributed by atoms with van der Waals surface area (Å²) in [5, 5.41) is 5.72. The van der Waals surface area contributed by atoms with Crippen molar-refractivity contribution < 1.29 is 19.2 Å². The molecule has 1 saturated heterocycles. The van der Waals surface area contributed by atoms with Gasteiger partial charge in [-0.1, -0.05) is 6.42 Å². The maximum absolute atomic E-state index is 12.7. The Labute approximate surface area is 155 Å². The first kappa shape index (κ1) is 18.7. The summed E-state index contributed by atoms with van der Waals surface area (Å²) in [6, 6.07) is 5.90. The van der Waals surface area contributed by atoms with E-state index in [1.54, 1.807) is 25.3 Å². The molecule has 3 atom stereocenters. The number of hydrogen-bond donors (Lipinski definition) is 3. The van der Waals surface area contributed by atoms with Crippen LogP contribution in [0.15, 0.2) is 18.2 Å². The number of piperidine rings is 1. The van der Waals surface area contributed by atoms with Gasteiger partial charge in [0.15, 0.2) is 6.54 Å². The number of rotatable bonds is 5. The van der Waals surface area contributed by atoms with Crippen LogP contribution >= 0.6 is 0 Å². The average molecular weight is 360 g/mol. The number of likely N-dealkylation sites (tertiary alicyclic amines) is 1. The van der Waals surface area contributed by atoms with Gasteiger partial charge in [0.25, 0.3) is 5.91 Å². The van der Waals surface area contributed by atoms with E-state index < -0.39 is 0 Å². The first-order valence-electron chi connectivity index (χ1n) is 9.67. The molecule has 1 heterocycles. The Morgan fingerprint density at radius 3 is 2.69 bits per heavy atom. The average Bonchev–Trinajstić information content (AvgIpc) is 2.62. The van der Waals surface area contributed by atoms with E-state index in [1.165, 1.54) is 50.3 Å². The number of carbonyl (C=O) groups is 2. The molecule has 0 spiro atoms. The number of quaternary nitrogens is 1. The maximum Gasteiger partial charge on any atom is 0.279 e. The Morgan fingerprint density at radius 2 is 1.92 bits per heavy atom. The van der Waals surface area contributed by atoms with E-state index in [9.17, 15) is 9.59 Å². The first-order chi connectivity index (χ1) is 12.6. The summed E-state index contributed by atoms with van der Waals surface area (Å²) in [7, 11) is 1.57. The van der Waals surface area contributed by atoms with Gasteiger partial charge in [0.2, 0.25) is 5.91 Å². The smallest absolute Gasteiger partial charge is 0.279 e. The minimum Gasteiger partial charge on any atom is -0.495 e. The third-order valence-corrected chi connectivity index (χ3v) is 5.69. The molecule has 3 rings (SSSR count). The number of methoxy groups -OCH3 is 1. The van der Waals surface area contributed by atoms with Crippen molar-refractivity contribution in [2.24, 2.45) is 5.92 Å². The van der Waals surface area contributed by atoms with Crippen molar-refractivity contribution in [1.82, 2.24) is 0 Å². The van der Waals surface area contributed by atoms with Gasteiger partial charge in [0.1, 0.15) is 5.75 Å². The van der Waals surface area contributed by atoms with Crippen molar-refractivity contribution in [1.29, 1.82) is 0 Å². The minimum absolute atomic E-state index is 0.00417. The van der Waals surface area contributed by atoms with Crippen LogP contribution < -0.4 is 20.3 Å². The number of ether oxygens (including phenoxy) is 1. The van der Waals surface area contributed by atoms with Gasteiger partial charge in [-0.25, -0.2) is 0 Å². The molecule has 3 N–H and O–H groups in total. The van der Waals surface area contributed by atoms with Gasteiger partial charge >= 0.3 is 0 Å². The molecule has 0 aromatic heterocycles. The maximum atomic E-state index is 12.7. The number of hydrogen-bond acceptors (Lipinski definition) is 3. The van der Waals surface area contributed by atoms with E-state index in [0.29, 0.717) is 29.7 Å². The summed E-state index contributed by atoms with van der Waals surface area (Å²) in [6.07, 6.45) is 7.73. The molecule has 1 aromatic rings. The van der Waals surface area contributed by atoms with Crippen molar-refractivity contribution in [3.63, 3.8) is 0 Å². The molecule has 6 heteroatoms. The van der Waals surface area contributed by atoms with Crippen LogP contribution in [0.25, 0.3) is 0 Å². The second kappa shape index (κ2) is 8.54. The first-order valence-corrected chi connectivity index (χ1v) is 9.67. The predicted octanol–water partition coefficient (Wildman–Crippen LogP) is 1.83. The number of amides is 2. The Balaban J connectivity index is 1.66.